The Balaban J connectivity index is 1.98. The van der Waals surface area contributed by atoms with E-state index in [1.54, 1.807) is 13.0 Å². The summed E-state index contributed by atoms with van der Waals surface area (Å²) in [5.41, 5.74) is 0.946. The minimum atomic E-state index is -0.325. The van der Waals surface area contributed by atoms with Crippen molar-refractivity contribution in [3.63, 3.8) is 0 Å². The molecule has 0 aliphatic carbocycles. The molecule has 0 saturated carbocycles. The van der Waals surface area contributed by atoms with E-state index in [9.17, 15) is 4.79 Å². The Morgan fingerprint density at radius 2 is 1.48 bits per heavy atom. The van der Waals surface area contributed by atoms with Crippen molar-refractivity contribution >= 4 is 24.3 Å². The smallest absolute Gasteiger partial charge is 0.154 e. The lowest BCUT2D eigenvalue weighted by Gasteiger charge is -2.19. The predicted octanol–water partition coefficient (Wildman–Crippen LogP) is 3.59. The van der Waals surface area contributed by atoms with Gasteiger partial charge in [-0.1, -0.05) is 60.7 Å². The molecule has 0 amide bonds. The highest BCUT2D eigenvalue weighted by Gasteiger charge is 2.12. The maximum absolute atomic E-state index is 11.1. The van der Waals surface area contributed by atoms with Crippen LogP contribution in [0.2, 0.25) is 0 Å². The standard InChI is InChI=1S/C20H24NOP/c1-17(16-18(2)22)21-14-9-15-23(19-10-5-3-6-11-19)20-12-7-4-8-13-20/h3-8,10-13,16,21H,9,14-15H2,1-2H3/b17-16+. The molecule has 0 saturated heterocycles. The maximum atomic E-state index is 11.1. The summed E-state index contributed by atoms with van der Waals surface area (Å²) >= 11 is 0. The van der Waals surface area contributed by atoms with Crippen molar-refractivity contribution in [1.29, 1.82) is 0 Å². The van der Waals surface area contributed by atoms with Crippen LogP contribution in [0, 0.1) is 0 Å². The second-order valence-corrected chi connectivity index (χ2v) is 7.88. The van der Waals surface area contributed by atoms with Gasteiger partial charge in [-0.05, 0) is 51.0 Å². The number of rotatable bonds is 8. The highest BCUT2D eigenvalue weighted by atomic mass is 31.1. The van der Waals surface area contributed by atoms with Crippen LogP contribution in [-0.2, 0) is 4.79 Å². The van der Waals surface area contributed by atoms with Crippen molar-refractivity contribution in [2.24, 2.45) is 0 Å². The van der Waals surface area contributed by atoms with Gasteiger partial charge in [0.15, 0.2) is 5.78 Å². The number of hydrogen-bond acceptors (Lipinski definition) is 2. The Kier molecular flexibility index (Phi) is 7.03. The van der Waals surface area contributed by atoms with Gasteiger partial charge in [0.2, 0.25) is 0 Å². The molecule has 2 aromatic rings. The minimum Gasteiger partial charge on any atom is -0.388 e. The third-order valence-electron chi connectivity index (χ3n) is 3.52. The van der Waals surface area contributed by atoms with E-state index in [-0.39, 0.29) is 13.7 Å². The maximum Gasteiger partial charge on any atom is 0.154 e. The molecule has 120 valence electrons. The van der Waals surface area contributed by atoms with Crippen LogP contribution in [0.25, 0.3) is 0 Å². The highest BCUT2D eigenvalue weighted by Crippen LogP contribution is 2.33. The molecule has 2 aromatic carbocycles. The highest BCUT2D eigenvalue weighted by molar-refractivity contribution is 7.73. The summed E-state index contributed by atoms with van der Waals surface area (Å²) in [7, 11) is -0.325. The van der Waals surface area contributed by atoms with E-state index in [2.05, 4.69) is 66.0 Å². The zero-order valence-electron chi connectivity index (χ0n) is 13.8. The SMILES string of the molecule is CC(=O)/C=C(\C)NCCCP(c1ccccc1)c1ccccc1. The Hall–Kier alpha value is -1.92. The van der Waals surface area contributed by atoms with E-state index in [1.807, 2.05) is 6.92 Å². The first-order chi connectivity index (χ1) is 11.2. The zero-order valence-corrected chi connectivity index (χ0v) is 14.7. The average molecular weight is 325 g/mol. The van der Waals surface area contributed by atoms with Gasteiger partial charge in [0.05, 0.1) is 0 Å². The molecular weight excluding hydrogens is 301 g/mol. The molecule has 0 aromatic heterocycles. The van der Waals surface area contributed by atoms with Crippen LogP contribution in [0.1, 0.15) is 20.3 Å². The van der Waals surface area contributed by atoms with Gasteiger partial charge in [0.25, 0.3) is 0 Å². The van der Waals surface area contributed by atoms with Crippen molar-refractivity contribution in [2.75, 3.05) is 12.7 Å². The fourth-order valence-electron chi connectivity index (χ4n) is 2.50. The quantitative estimate of drug-likeness (QED) is 0.456. The van der Waals surface area contributed by atoms with Crippen molar-refractivity contribution in [2.45, 2.75) is 20.3 Å². The van der Waals surface area contributed by atoms with Gasteiger partial charge in [-0.3, -0.25) is 4.79 Å². The summed E-state index contributed by atoms with van der Waals surface area (Å²) in [6.07, 6.45) is 3.87. The monoisotopic (exact) mass is 325 g/mol. The first kappa shape index (κ1) is 17.4. The third kappa shape index (κ3) is 6.00. The normalized spacial score (nSPS) is 11.5. The average Bonchev–Trinajstić information content (AvgIpc) is 2.56. The lowest BCUT2D eigenvalue weighted by molar-refractivity contribution is -0.112. The third-order valence-corrected chi connectivity index (χ3v) is 6.12. The van der Waals surface area contributed by atoms with Crippen molar-refractivity contribution in [3.05, 3.63) is 72.4 Å². The van der Waals surface area contributed by atoms with Gasteiger partial charge >= 0.3 is 0 Å². The van der Waals surface area contributed by atoms with Crippen molar-refractivity contribution in [1.82, 2.24) is 5.32 Å². The molecule has 2 nitrogen and oxygen atoms in total. The van der Waals surface area contributed by atoms with Crippen LogP contribution in [0.3, 0.4) is 0 Å². The summed E-state index contributed by atoms with van der Waals surface area (Å²) in [5, 5.41) is 6.16. The Morgan fingerprint density at radius 1 is 0.957 bits per heavy atom. The number of ketones is 1. The second kappa shape index (κ2) is 9.27. The van der Waals surface area contributed by atoms with Crippen molar-refractivity contribution in [3.8, 4) is 0 Å². The number of allylic oxidation sites excluding steroid dienone is 2. The molecule has 0 fully saturated rings. The Labute approximate surface area is 140 Å². The molecule has 0 aliphatic rings. The molecule has 23 heavy (non-hydrogen) atoms. The molecule has 0 radical (unpaired) electrons. The molecular formula is C20H24NOP. The minimum absolute atomic E-state index is 0.0887. The summed E-state index contributed by atoms with van der Waals surface area (Å²) < 4.78 is 0. The Morgan fingerprint density at radius 3 is 1.96 bits per heavy atom. The number of nitrogens with one attached hydrogen (secondary N) is 1. The summed E-state index contributed by atoms with van der Waals surface area (Å²) in [6, 6.07) is 21.5. The molecule has 1 N–H and O–H groups in total. The van der Waals surface area contributed by atoms with E-state index >= 15 is 0 Å². The van der Waals surface area contributed by atoms with Gasteiger partial charge in [0, 0.05) is 12.2 Å². The molecule has 0 bridgehead atoms. The van der Waals surface area contributed by atoms with Crippen LogP contribution < -0.4 is 15.9 Å². The zero-order chi connectivity index (χ0) is 16.5. The van der Waals surface area contributed by atoms with E-state index in [0.717, 1.165) is 24.8 Å². The largest absolute Gasteiger partial charge is 0.388 e. The van der Waals surface area contributed by atoms with E-state index in [4.69, 9.17) is 0 Å². The molecule has 0 heterocycles. The summed E-state index contributed by atoms with van der Waals surface area (Å²) in [5.74, 6) is 0.0887. The van der Waals surface area contributed by atoms with Gasteiger partial charge < -0.3 is 5.32 Å². The number of hydrogen-bond donors (Lipinski definition) is 1. The number of carbonyl (C=O) groups excluding carboxylic acids is 1. The van der Waals surface area contributed by atoms with Crippen molar-refractivity contribution < 1.29 is 4.79 Å². The topological polar surface area (TPSA) is 29.1 Å². The van der Waals surface area contributed by atoms with Gasteiger partial charge in [-0.15, -0.1) is 0 Å². The molecule has 0 unspecified atom stereocenters. The first-order valence-electron chi connectivity index (χ1n) is 7.97. The van der Waals surface area contributed by atoms with Gasteiger partial charge in [0.1, 0.15) is 0 Å². The summed E-state index contributed by atoms with van der Waals surface area (Å²) in [4.78, 5) is 11.1. The molecule has 3 heteroatoms. The van der Waals surface area contributed by atoms with E-state index in [0.29, 0.717) is 0 Å². The predicted molar refractivity (Wildman–Crippen MR) is 101 cm³/mol. The number of carbonyl (C=O) groups is 1. The van der Waals surface area contributed by atoms with Crippen LogP contribution in [-0.4, -0.2) is 18.5 Å². The molecule has 0 spiro atoms. The summed E-state index contributed by atoms with van der Waals surface area (Å²) in [6.45, 7) is 4.42. The van der Waals surface area contributed by atoms with E-state index < -0.39 is 0 Å². The Bertz CT molecular complexity index is 598. The lowest BCUT2D eigenvalue weighted by atomic mass is 10.3. The fourth-order valence-corrected chi connectivity index (χ4v) is 4.85. The lowest BCUT2D eigenvalue weighted by Crippen LogP contribution is -2.18. The van der Waals surface area contributed by atoms with Gasteiger partial charge in [-0.25, -0.2) is 0 Å². The van der Waals surface area contributed by atoms with Gasteiger partial charge in [-0.2, -0.15) is 0 Å². The van der Waals surface area contributed by atoms with Crippen LogP contribution in [0.4, 0.5) is 0 Å². The molecule has 0 aliphatic heterocycles. The van der Waals surface area contributed by atoms with Crippen LogP contribution >= 0.6 is 7.92 Å². The second-order valence-electron chi connectivity index (χ2n) is 5.54. The number of benzene rings is 2. The first-order valence-corrected chi connectivity index (χ1v) is 9.50. The van der Waals surface area contributed by atoms with Crippen LogP contribution in [0.15, 0.2) is 72.4 Å². The molecule has 0 atom stereocenters. The fraction of sp³-hybridized carbons (Fsp3) is 0.250. The molecule has 2 rings (SSSR count). The van der Waals surface area contributed by atoms with E-state index in [1.165, 1.54) is 10.6 Å². The van der Waals surface area contributed by atoms with Crippen LogP contribution in [0.5, 0.6) is 0 Å².